The summed E-state index contributed by atoms with van der Waals surface area (Å²) in [5.74, 6) is 1.23. The molecule has 2 aromatic heterocycles. The van der Waals surface area contributed by atoms with Crippen LogP contribution in [-0.4, -0.2) is 22.2 Å². The van der Waals surface area contributed by atoms with Crippen molar-refractivity contribution in [3.8, 4) is 11.3 Å². The van der Waals surface area contributed by atoms with E-state index in [2.05, 4.69) is 15.3 Å². The average molecular weight is 363 g/mol. The van der Waals surface area contributed by atoms with Crippen LogP contribution in [0.3, 0.4) is 0 Å². The fourth-order valence-corrected chi connectivity index (χ4v) is 3.72. The Labute approximate surface area is 157 Å². The third-order valence-corrected chi connectivity index (χ3v) is 5.21. The Bertz CT molecular complexity index is 995. The highest BCUT2D eigenvalue weighted by Gasteiger charge is 2.30. The molecule has 1 aromatic carbocycles. The van der Waals surface area contributed by atoms with Crippen molar-refractivity contribution in [3.05, 3.63) is 42.5 Å². The number of aldehydes is 1. The molecule has 27 heavy (non-hydrogen) atoms. The molecule has 138 valence electrons. The molecule has 2 atom stereocenters. The van der Waals surface area contributed by atoms with Crippen LogP contribution in [0.4, 0.5) is 5.82 Å². The fraction of sp³-hybridized carbons (Fsp3) is 0.333. The molecule has 1 saturated carbocycles. The fourth-order valence-electron chi connectivity index (χ4n) is 3.72. The summed E-state index contributed by atoms with van der Waals surface area (Å²) in [4.78, 5) is 32.4. The van der Waals surface area contributed by atoms with E-state index >= 15 is 0 Å². The summed E-state index contributed by atoms with van der Waals surface area (Å²) in [5.41, 5.74) is 0.917. The maximum absolute atomic E-state index is 12.6. The molecule has 4 rings (SSSR count). The number of amides is 1. The summed E-state index contributed by atoms with van der Waals surface area (Å²) in [6, 6.07) is 7.75. The zero-order valence-electron chi connectivity index (χ0n) is 15.1. The molecular formula is C21H21N3O3. The van der Waals surface area contributed by atoms with Gasteiger partial charge in [0.2, 0.25) is 5.91 Å². The average Bonchev–Trinajstić information content (AvgIpc) is 3.13. The van der Waals surface area contributed by atoms with E-state index in [1.165, 1.54) is 0 Å². The SMILES string of the molecule is Cc1ncc(-c2ccc3cnc(NC(=O)C4CCCCC4C=O)cc3c2)o1. The minimum absolute atomic E-state index is 0.124. The summed E-state index contributed by atoms with van der Waals surface area (Å²) in [6.07, 6.45) is 7.87. The van der Waals surface area contributed by atoms with Crippen LogP contribution in [0.25, 0.3) is 22.1 Å². The molecule has 1 aliphatic carbocycles. The van der Waals surface area contributed by atoms with Crippen molar-refractivity contribution in [1.82, 2.24) is 9.97 Å². The zero-order chi connectivity index (χ0) is 18.8. The number of carbonyl (C=O) groups excluding carboxylic acids is 2. The highest BCUT2D eigenvalue weighted by molar-refractivity contribution is 5.96. The smallest absolute Gasteiger partial charge is 0.229 e. The monoisotopic (exact) mass is 363 g/mol. The molecule has 1 amide bonds. The molecule has 1 fully saturated rings. The van der Waals surface area contributed by atoms with Gasteiger partial charge in [-0.15, -0.1) is 0 Å². The van der Waals surface area contributed by atoms with E-state index in [-0.39, 0.29) is 17.7 Å². The number of oxazole rings is 1. The van der Waals surface area contributed by atoms with Crippen molar-refractivity contribution in [3.63, 3.8) is 0 Å². The minimum atomic E-state index is -0.266. The molecule has 0 bridgehead atoms. The van der Waals surface area contributed by atoms with Crippen molar-refractivity contribution in [1.29, 1.82) is 0 Å². The molecular weight excluding hydrogens is 342 g/mol. The van der Waals surface area contributed by atoms with E-state index in [0.29, 0.717) is 17.5 Å². The third kappa shape index (κ3) is 3.60. The number of benzene rings is 1. The Hall–Kier alpha value is -3.02. The van der Waals surface area contributed by atoms with Gasteiger partial charge in [0, 0.05) is 35.9 Å². The van der Waals surface area contributed by atoms with Crippen LogP contribution in [0.2, 0.25) is 0 Å². The van der Waals surface area contributed by atoms with E-state index in [1.807, 2.05) is 24.3 Å². The highest BCUT2D eigenvalue weighted by Crippen LogP contribution is 2.30. The Morgan fingerprint density at radius 1 is 1.15 bits per heavy atom. The largest absolute Gasteiger partial charge is 0.441 e. The number of anilines is 1. The third-order valence-electron chi connectivity index (χ3n) is 5.21. The lowest BCUT2D eigenvalue weighted by molar-refractivity contribution is -0.126. The Kier molecular flexibility index (Phi) is 4.71. The number of hydrogen-bond acceptors (Lipinski definition) is 5. The lowest BCUT2D eigenvalue weighted by Gasteiger charge is -2.26. The van der Waals surface area contributed by atoms with Crippen LogP contribution in [0, 0.1) is 18.8 Å². The second-order valence-electron chi connectivity index (χ2n) is 7.06. The normalized spacial score (nSPS) is 19.7. The molecule has 6 nitrogen and oxygen atoms in total. The van der Waals surface area contributed by atoms with E-state index in [0.717, 1.165) is 48.3 Å². The predicted molar refractivity (Wildman–Crippen MR) is 102 cm³/mol. The zero-order valence-corrected chi connectivity index (χ0v) is 15.1. The summed E-state index contributed by atoms with van der Waals surface area (Å²) in [5, 5.41) is 4.80. The minimum Gasteiger partial charge on any atom is -0.441 e. The first-order valence-electron chi connectivity index (χ1n) is 9.23. The van der Waals surface area contributed by atoms with Gasteiger partial charge in [0.25, 0.3) is 0 Å². The number of fused-ring (bicyclic) bond motifs is 1. The van der Waals surface area contributed by atoms with Gasteiger partial charge in [-0.2, -0.15) is 0 Å². The second-order valence-corrected chi connectivity index (χ2v) is 7.06. The molecule has 1 N–H and O–H groups in total. The molecule has 6 heteroatoms. The number of aryl methyl sites for hydroxylation is 1. The molecule has 3 aromatic rings. The van der Waals surface area contributed by atoms with Crippen molar-refractivity contribution < 1.29 is 14.0 Å². The van der Waals surface area contributed by atoms with E-state index < -0.39 is 0 Å². The van der Waals surface area contributed by atoms with Gasteiger partial charge in [-0.25, -0.2) is 9.97 Å². The van der Waals surface area contributed by atoms with E-state index in [4.69, 9.17) is 4.42 Å². The Balaban J connectivity index is 1.58. The van der Waals surface area contributed by atoms with Crippen molar-refractivity contribution in [2.24, 2.45) is 11.8 Å². The van der Waals surface area contributed by atoms with Gasteiger partial charge in [0.15, 0.2) is 11.7 Å². The number of carbonyl (C=O) groups is 2. The standard InChI is InChI=1S/C21H21N3O3/c1-13-22-11-19(27-13)14-6-7-15-10-23-20(9-17(15)8-14)24-21(26)18-5-3-2-4-16(18)12-25/h6-12,16,18H,2-5H2,1H3,(H,23,24,26). The lowest BCUT2D eigenvalue weighted by Crippen LogP contribution is -2.32. The van der Waals surface area contributed by atoms with Crippen LogP contribution >= 0.6 is 0 Å². The van der Waals surface area contributed by atoms with Gasteiger partial charge in [0.05, 0.1) is 6.20 Å². The maximum atomic E-state index is 12.6. The summed E-state index contributed by atoms with van der Waals surface area (Å²) >= 11 is 0. The number of nitrogens with zero attached hydrogens (tertiary/aromatic N) is 2. The summed E-state index contributed by atoms with van der Waals surface area (Å²) < 4.78 is 5.59. The quantitative estimate of drug-likeness (QED) is 0.704. The van der Waals surface area contributed by atoms with Gasteiger partial charge in [-0.05, 0) is 30.4 Å². The topological polar surface area (TPSA) is 85.1 Å². The highest BCUT2D eigenvalue weighted by atomic mass is 16.4. The first kappa shape index (κ1) is 17.4. The van der Waals surface area contributed by atoms with Gasteiger partial charge in [-0.1, -0.05) is 25.0 Å². The molecule has 2 heterocycles. The number of pyridine rings is 1. The number of rotatable bonds is 4. The van der Waals surface area contributed by atoms with Gasteiger partial charge in [0.1, 0.15) is 12.1 Å². The number of aromatic nitrogens is 2. The van der Waals surface area contributed by atoms with E-state index in [1.54, 1.807) is 19.3 Å². The Morgan fingerprint density at radius 3 is 2.78 bits per heavy atom. The van der Waals surface area contributed by atoms with Crippen LogP contribution in [-0.2, 0) is 9.59 Å². The maximum Gasteiger partial charge on any atom is 0.229 e. The van der Waals surface area contributed by atoms with Crippen molar-refractivity contribution in [2.75, 3.05) is 5.32 Å². The van der Waals surface area contributed by atoms with Gasteiger partial charge < -0.3 is 14.5 Å². The molecule has 0 radical (unpaired) electrons. The molecule has 0 saturated heterocycles. The second kappa shape index (κ2) is 7.31. The van der Waals surface area contributed by atoms with Gasteiger partial charge in [-0.3, -0.25) is 4.79 Å². The van der Waals surface area contributed by atoms with Crippen molar-refractivity contribution in [2.45, 2.75) is 32.6 Å². The number of hydrogen-bond donors (Lipinski definition) is 1. The van der Waals surface area contributed by atoms with Gasteiger partial charge >= 0.3 is 0 Å². The van der Waals surface area contributed by atoms with Crippen molar-refractivity contribution >= 4 is 28.8 Å². The molecule has 0 spiro atoms. The first-order valence-corrected chi connectivity index (χ1v) is 9.23. The number of nitrogens with one attached hydrogen (secondary N) is 1. The predicted octanol–water partition coefficient (Wildman–Crippen LogP) is 4.14. The van der Waals surface area contributed by atoms with Crippen LogP contribution in [0.5, 0.6) is 0 Å². The summed E-state index contributed by atoms with van der Waals surface area (Å²) in [6.45, 7) is 1.81. The molecule has 1 aliphatic rings. The first-order chi connectivity index (χ1) is 13.1. The lowest BCUT2D eigenvalue weighted by atomic mass is 9.79. The summed E-state index contributed by atoms with van der Waals surface area (Å²) in [7, 11) is 0. The molecule has 2 unspecified atom stereocenters. The van der Waals surface area contributed by atoms with Crippen LogP contribution in [0.1, 0.15) is 31.6 Å². The van der Waals surface area contributed by atoms with E-state index in [9.17, 15) is 9.59 Å². The van der Waals surface area contributed by atoms with Crippen LogP contribution < -0.4 is 5.32 Å². The molecule has 0 aliphatic heterocycles. The van der Waals surface area contributed by atoms with Crippen LogP contribution in [0.15, 0.2) is 41.1 Å². The Morgan fingerprint density at radius 2 is 2.00 bits per heavy atom.